The largest absolute Gasteiger partial charge is 0.340 e. The van der Waals surface area contributed by atoms with Crippen molar-refractivity contribution < 1.29 is 4.79 Å². The Hall–Kier alpha value is -0.610. The zero-order chi connectivity index (χ0) is 12.6. The summed E-state index contributed by atoms with van der Waals surface area (Å²) in [5.74, 6) is 0.306. The lowest BCUT2D eigenvalue weighted by atomic mass is 9.95. The normalized spacial score (nSPS) is 25.2. The number of hydrogen-bond acceptors (Lipinski definition) is 3. The van der Waals surface area contributed by atoms with Crippen LogP contribution in [0.25, 0.3) is 0 Å². The van der Waals surface area contributed by atoms with Gasteiger partial charge in [-0.05, 0) is 12.5 Å². The third-order valence-electron chi connectivity index (χ3n) is 3.57. The highest BCUT2D eigenvalue weighted by atomic mass is 16.2. The van der Waals surface area contributed by atoms with Crippen LogP contribution in [-0.4, -0.2) is 73.0 Å². The molecule has 2 aliphatic rings. The predicted octanol–water partition coefficient (Wildman–Crippen LogP) is 0.491. The lowest BCUT2D eigenvalue weighted by molar-refractivity contribution is -0.140. The van der Waals surface area contributed by atoms with Gasteiger partial charge in [-0.1, -0.05) is 20.8 Å². The highest BCUT2D eigenvalue weighted by Crippen LogP contribution is 2.19. The molecule has 0 unspecified atom stereocenters. The van der Waals surface area contributed by atoms with Crippen LogP contribution in [0.15, 0.2) is 0 Å². The second-order valence-corrected chi connectivity index (χ2v) is 6.72. The summed E-state index contributed by atoms with van der Waals surface area (Å²) in [6.45, 7) is 12.2. The molecular formula is C13H25N3O. The third-order valence-corrected chi connectivity index (χ3v) is 3.57. The molecular weight excluding hydrogens is 214 g/mol. The average Bonchev–Trinajstić information content (AvgIpc) is 2.15. The van der Waals surface area contributed by atoms with Gasteiger partial charge in [0.2, 0.25) is 5.91 Å². The van der Waals surface area contributed by atoms with E-state index in [2.05, 4.69) is 37.6 Å². The van der Waals surface area contributed by atoms with E-state index in [1.165, 1.54) is 0 Å². The first-order chi connectivity index (χ1) is 7.85. The summed E-state index contributed by atoms with van der Waals surface area (Å²) in [6.07, 6.45) is 0. The molecule has 2 rings (SSSR count). The Labute approximate surface area is 105 Å². The number of hydrogen-bond donors (Lipinski definition) is 0. The highest BCUT2D eigenvalue weighted by molar-refractivity contribution is 5.79. The fraction of sp³-hybridized carbons (Fsp3) is 0.923. The van der Waals surface area contributed by atoms with Gasteiger partial charge < -0.3 is 9.80 Å². The van der Waals surface area contributed by atoms with Gasteiger partial charge in [-0.3, -0.25) is 9.69 Å². The second-order valence-electron chi connectivity index (χ2n) is 6.72. The first kappa shape index (κ1) is 12.8. The lowest BCUT2D eigenvalue weighted by Crippen LogP contribution is -2.63. The van der Waals surface area contributed by atoms with Crippen molar-refractivity contribution in [2.45, 2.75) is 26.8 Å². The molecule has 17 heavy (non-hydrogen) atoms. The molecule has 2 aliphatic heterocycles. The van der Waals surface area contributed by atoms with Gasteiger partial charge in [-0.2, -0.15) is 0 Å². The maximum atomic E-state index is 12.1. The molecule has 2 heterocycles. The molecule has 0 atom stereocenters. The maximum Gasteiger partial charge on any atom is 0.236 e. The van der Waals surface area contributed by atoms with Crippen LogP contribution in [-0.2, 0) is 4.79 Å². The van der Waals surface area contributed by atoms with Gasteiger partial charge in [0.1, 0.15) is 0 Å². The van der Waals surface area contributed by atoms with E-state index in [1.807, 2.05) is 4.90 Å². The fourth-order valence-electron chi connectivity index (χ4n) is 2.68. The van der Waals surface area contributed by atoms with E-state index in [0.29, 0.717) is 18.5 Å². The topological polar surface area (TPSA) is 26.8 Å². The summed E-state index contributed by atoms with van der Waals surface area (Å²) in [7, 11) is 2.13. The quantitative estimate of drug-likeness (QED) is 0.702. The summed E-state index contributed by atoms with van der Waals surface area (Å²) in [5.41, 5.74) is 0.203. The summed E-state index contributed by atoms with van der Waals surface area (Å²) < 4.78 is 0. The number of carbonyl (C=O) groups excluding carboxylic acids is 1. The van der Waals surface area contributed by atoms with Crippen LogP contribution in [0, 0.1) is 5.41 Å². The number of piperazine rings is 1. The summed E-state index contributed by atoms with van der Waals surface area (Å²) >= 11 is 0. The minimum absolute atomic E-state index is 0.203. The van der Waals surface area contributed by atoms with Gasteiger partial charge >= 0.3 is 0 Å². The van der Waals surface area contributed by atoms with Crippen LogP contribution in [0.5, 0.6) is 0 Å². The SMILES string of the molecule is CN1CC(N2CCN(CC(C)(C)C)C(=O)C2)C1. The Bertz CT molecular complexity index is 292. The fourth-order valence-corrected chi connectivity index (χ4v) is 2.68. The Morgan fingerprint density at radius 2 is 1.88 bits per heavy atom. The van der Waals surface area contributed by atoms with Crippen molar-refractivity contribution in [2.24, 2.45) is 5.41 Å². The van der Waals surface area contributed by atoms with E-state index in [1.54, 1.807) is 0 Å². The van der Waals surface area contributed by atoms with Gasteiger partial charge in [0, 0.05) is 38.8 Å². The van der Waals surface area contributed by atoms with Crippen molar-refractivity contribution in [3.05, 3.63) is 0 Å². The van der Waals surface area contributed by atoms with Crippen LogP contribution < -0.4 is 0 Å². The third kappa shape index (κ3) is 3.19. The van der Waals surface area contributed by atoms with Crippen LogP contribution in [0.4, 0.5) is 0 Å². The molecule has 4 heteroatoms. The van der Waals surface area contributed by atoms with Gasteiger partial charge in [0.05, 0.1) is 6.54 Å². The monoisotopic (exact) mass is 239 g/mol. The number of likely N-dealkylation sites (N-methyl/N-ethyl adjacent to an activating group) is 1. The molecule has 0 saturated carbocycles. The van der Waals surface area contributed by atoms with E-state index < -0.39 is 0 Å². The average molecular weight is 239 g/mol. The molecule has 4 nitrogen and oxygen atoms in total. The van der Waals surface area contributed by atoms with E-state index in [-0.39, 0.29) is 5.41 Å². The van der Waals surface area contributed by atoms with Gasteiger partial charge in [0.25, 0.3) is 0 Å². The van der Waals surface area contributed by atoms with Crippen LogP contribution in [0.2, 0.25) is 0 Å². The molecule has 0 aliphatic carbocycles. The zero-order valence-corrected chi connectivity index (χ0v) is 11.6. The summed E-state index contributed by atoms with van der Waals surface area (Å²) in [4.78, 5) is 18.8. The first-order valence-electron chi connectivity index (χ1n) is 6.55. The molecule has 2 fully saturated rings. The Balaban J connectivity index is 1.83. The van der Waals surface area contributed by atoms with E-state index >= 15 is 0 Å². The maximum absolute atomic E-state index is 12.1. The molecule has 0 radical (unpaired) electrons. The van der Waals surface area contributed by atoms with Crippen LogP contribution >= 0.6 is 0 Å². The van der Waals surface area contributed by atoms with Gasteiger partial charge in [-0.15, -0.1) is 0 Å². The lowest BCUT2D eigenvalue weighted by Gasteiger charge is -2.47. The van der Waals surface area contributed by atoms with E-state index in [0.717, 1.165) is 32.7 Å². The number of nitrogens with zero attached hydrogens (tertiary/aromatic N) is 3. The zero-order valence-electron chi connectivity index (χ0n) is 11.6. The molecule has 0 N–H and O–H groups in total. The van der Waals surface area contributed by atoms with Crippen LogP contribution in [0.3, 0.4) is 0 Å². The van der Waals surface area contributed by atoms with Crippen LogP contribution in [0.1, 0.15) is 20.8 Å². The molecule has 0 bridgehead atoms. The standard InChI is InChI=1S/C13H25N3O/c1-13(2,3)10-16-6-5-15(9-12(16)17)11-7-14(4)8-11/h11H,5-10H2,1-4H3. The van der Waals surface area contributed by atoms with Gasteiger partial charge in [0.15, 0.2) is 0 Å². The highest BCUT2D eigenvalue weighted by Gasteiger charge is 2.34. The first-order valence-corrected chi connectivity index (χ1v) is 6.55. The van der Waals surface area contributed by atoms with Crippen molar-refractivity contribution >= 4 is 5.91 Å². The molecule has 0 aromatic rings. The number of rotatable bonds is 2. The summed E-state index contributed by atoms with van der Waals surface area (Å²) in [5, 5.41) is 0. The van der Waals surface area contributed by atoms with Gasteiger partial charge in [-0.25, -0.2) is 0 Å². The smallest absolute Gasteiger partial charge is 0.236 e. The van der Waals surface area contributed by atoms with Crippen molar-refractivity contribution in [3.8, 4) is 0 Å². The predicted molar refractivity (Wildman–Crippen MR) is 68.9 cm³/mol. The number of likely N-dealkylation sites (tertiary alicyclic amines) is 1. The molecule has 0 aromatic carbocycles. The van der Waals surface area contributed by atoms with E-state index in [4.69, 9.17) is 0 Å². The van der Waals surface area contributed by atoms with Crippen molar-refractivity contribution in [1.82, 2.24) is 14.7 Å². The second kappa shape index (κ2) is 4.58. The van der Waals surface area contributed by atoms with Crippen molar-refractivity contribution in [2.75, 3.05) is 46.3 Å². The van der Waals surface area contributed by atoms with E-state index in [9.17, 15) is 4.79 Å². The minimum atomic E-state index is 0.203. The molecule has 1 amide bonds. The van der Waals surface area contributed by atoms with Crippen molar-refractivity contribution in [1.29, 1.82) is 0 Å². The summed E-state index contributed by atoms with van der Waals surface area (Å²) in [6, 6.07) is 0.612. The Morgan fingerprint density at radius 1 is 1.24 bits per heavy atom. The number of amides is 1. The molecule has 98 valence electrons. The molecule has 0 aromatic heterocycles. The Morgan fingerprint density at radius 3 is 2.35 bits per heavy atom. The minimum Gasteiger partial charge on any atom is -0.340 e. The molecule has 2 saturated heterocycles. The Kier molecular flexibility index (Phi) is 3.46. The van der Waals surface area contributed by atoms with Crippen molar-refractivity contribution in [3.63, 3.8) is 0 Å². The number of carbonyl (C=O) groups is 1. The molecule has 0 spiro atoms.